The molecule has 0 aromatic carbocycles. The molecule has 0 radical (unpaired) electrons. The van der Waals surface area contributed by atoms with Gasteiger partial charge in [0.2, 0.25) is 11.7 Å². The van der Waals surface area contributed by atoms with Crippen molar-refractivity contribution in [1.29, 1.82) is 0 Å². The van der Waals surface area contributed by atoms with Gasteiger partial charge in [-0.2, -0.15) is 4.98 Å². The fourth-order valence-electron chi connectivity index (χ4n) is 1.22. The Labute approximate surface area is 86.5 Å². The zero-order chi connectivity index (χ0) is 10.7. The number of aromatic nitrogens is 3. The van der Waals surface area contributed by atoms with E-state index >= 15 is 0 Å². The summed E-state index contributed by atoms with van der Waals surface area (Å²) in [4.78, 5) is 17.9. The van der Waals surface area contributed by atoms with Gasteiger partial charge >= 0.3 is 0 Å². The minimum atomic E-state index is 0.120. The lowest BCUT2D eigenvalue weighted by molar-refractivity contribution is -0.117. The van der Waals surface area contributed by atoms with Crippen molar-refractivity contribution in [3.63, 3.8) is 0 Å². The van der Waals surface area contributed by atoms with Gasteiger partial charge in [0.15, 0.2) is 0 Å². The van der Waals surface area contributed by atoms with Crippen molar-refractivity contribution >= 4 is 5.78 Å². The van der Waals surface area contributed by atoms with E-state index in [1.807, 2.05) is 12.1 Å². The molecule has 0 aliphatic carbocycles. The summed E-state index contributed by atoms with van der Waals surface area (Å²) in [5.74, 6) is 1.14. The fraction of sp³-hybridized carbons (Fsp3) is 0.300. The molecular formula is C10H11N3O2. The van der Waals surface area contributed by atoms with E-state index in [0.717, 1.165) is 5.69 Å². The quantitative estimate of drug-likeness (QED) is 0.822. The Balaban J connectivity index is 2.08. The van der Waals surface area contributed by atoms with E-state index in [1.165, 1.54) is 0 Å². The molecule has 2 aromatic rings. The van der Waals surface area contributed by atoms with Crippen LogP contribution in [0, 0.1) is 0 Å². The lowest BCUT2D eigenvalue weighted by atomic mass is 10.2. The Morgan fingerprint density at radius 2 is 2.47 bits per heavy atom. The smallest absolute Gasteiger partial charge is 0.227 e. The van der Waals surface area contributed by atoms with Crippen molar-refractivity contribution in [1.82, 2.24) is 15.1 Å². The molecule has 2 rings (SSSR count). The first-order chi connectivity index (χ1) is 7.25. The molecule has 5 nitrogen and oxygen atoms in total. The first-order valence-corrected chi connectivity index (χ1v) is 4.71. The number of aromatic amines is 1. The largest absolute Gasteiger partial charge is 0.359 e. The molecule has 2 heterocycles. The minimum Gasteiger partial charge on any atom is -0.359 e. The number of hydrogen-bond donors (Lipinski definition) is 1. The number of hydrogen-bond acceptors (Lipinski definition) is 4. The molecule has 0 unspecified atom stereocenters. The molecule has 0 saturated carbocycles. The Kier molecular flexibility index (Phi) is 2.62. The van der Waals surface area contributed by atoms with Gasteiger partial charge in [0, 0.05) is 19.0 Å². The van der Waals surface area contributed by atoms with E-state index in [1.54, 1.807) is 13.1 Å². The molecule has 0 saturated heterocycles. The second-order valence-corrected chi connectivity index (χ2v) is 3.30. The van der Waals surface area contributed by atoms with Crippen LogP contribution in [0.1, 0.15) is 19.2 Å². The monoisotopic (exact) mass is 205 g/mol. The number of aryl methyl sites for hydroxylation is 1. The first kappa shape index (κ1) is 9.64. The predicted octanol–water partition coefficient (Wildman–Crippen LogP) is 1.59. The summed E-state index contributed by atoms with van der Waals surface area (Å²) in [6, 6.07) is 3.72. The van der Waals surface area contributed by atoms with E-state index in [4.69, 9.17) is 4.52 Å². The van der Waals surface area contributed by atoms with Gasteiger partial charge in [-0.15, -0.1) is 0 Å². The van der Waals surface area contributed by atoms with Crippen LogP contribution in [0.5, 0.6) is 0 Å². The SMILES string of the molecule is CC(=O)CCc1nc(-c2ccc[nH]2)no1. The molecule has 0 aliphatic rings. The zero-order valence-electron chi connectivity index (χ0n) is 8.36. The number of rotatable bonds is 4. The van der Waals surface area contributed by atoms with Crippen molar-refractivity contribution in [2.45, 2.75) is 19.8 Å². The molecule has 0 bridgehead atoms. The van der Waals surface area contributed by atoms with Gasteiger partial charge in [-0.25, -0.2) is 0 Å². The van der Waals surface area contributed by atoms with Crippen LogP contribution in [0.25, 0.3) is 11.5 Å². The number of ketones is 1. The summed E-state index contributed by atoms with van der Waals surface area (Å²) in [7, 11) is 0. The van der Waals surface area contributed by atoms with Gasteiger partial charge in [0.1, 0.15) is 5.78 Å². The molecule has 0 atom stereocenters. The summed E-state index contributed by atoms with van der Waals surface area (Å²) >= 11 is 0. The lowest BCUT2D eigenvalue weighted by Crippen LogP contribution is -1.94. The zero-order valence-corrected chi connectivity index (χ0v) is 8.36. The van der Waals surface area contributed by atoms with Gasteiger partial charge in [0.25, 0.3) is 0 Å². The Hall–Kier alpha value is -1.91. The molecule has 1 N–H and O–H groups in total. The number of carbonyl (C=O) groups excluding carboxylic acids is 1. The van der Waals surface area contributed by atoms with E-state index in [2.05, 4.69) is 15.1 Å². The molecule has 0 amide bonds. The lowest BCUT2D eigenvalue weighted by Gasteiger charge is -1.88. The average Bonchev–Trinajstić information content (AvgIpc) is 2.85. The topological polar surface area (TPSA) is 71.8 Å². The summed E-state index contributed by atoms with van der Waals surface area (Å²) in [5.41, 5.74) is 0.813. The summed E-state index contributed by atoms with van der Waals surface area (Å²) in [6.07, 6.45) is 2.73. The fourth-order valence-corrected chi connectivity index (χ4v) is 1.22. The summed E-state index contributed by atoms with van der Waals surface area (Å²) < 4.78 is 5.01. The van der Waals surface area contributed by atoms with Crippen LogP contribution >= 0.6 is 0 Å². The van der Waals surface area contributed by atoms with Crippen LogP contribution < -0.4 is 0 Å². The summed E-state index contributed by atoms with van der Waals surface area (Å²) in [5, 5.41) is 3.81. The average molecular weight is 205 g/mol. The normalized spacial score (nSPS) is 10.5. The maximum atomic E-state index is 10.8. The van der Waals surface area contributed by atoms with Gasteiger partial charge in [-0.1, -0.05) is 5.16 Å². The van der Waals surface area contributed by atoms with Gasteiger partial charge < -0.3 is 14.3 Å². The Morgan fingerprint density at radius 1 is 1.60 bits per heavy atom. The maximum absolute atomic E-state index is 10.8. The Bertz CT molecular complexity index is 445. The van der Waals surface area contributed by atoms with Gasteiger partial charge in [-0.3, -0.25) is 0 Å². The molecular weight excluding hydrogens is 194 g/mol. The second-order valence-electron chi connectivity index (χ2n) is 3.30. The molecule has 0 spiro atoms. The third-order valence-electron chi connectivity index (χ3n) is 2.00. The molecule has 2 aromatic heterocycles. The van der Waals surface area contributed by atoms with Crippen molar-refractivity contribution in [3.8, 4) is 11.5 Å². The van der Waals surface area contributed by atoms with Crippen molar-refractivity contribution in [3.05, 3.63) is 24.2 Å². The maximum Gasteiger partial charge on any atom is 0.227 e. The van der Waals surface area contributed by atoms with Crippen LogP contribution in [0.15, 0.2) is 22.9 Å². The van der Waals surface area contributed by atoms with Gasteiger partial charge in [-0.05, 0) is 19.1 Å². The highest BCUT2D eigenvalue weighted by Crippen LogP contribution is 2.13. The van der Waals surface area contributed by atoms with Crippen molar-refractivity contribution in [2.24, 2.45) is 0 Å². The number of nitrogens with one attached hydrogen (secondary N) is 1. The van der Waals surface area contributed by atoms with Crippen LogP contribution in [0.3, 0.4) is 0 Å². The van der Waals surface area contributed by atoms with Crippen LogP contribution in [0.2, 0.25) is 0 Å². The molecule has 78 valence electrons. The highest BCUT2D eigenvalue weighted by Gasteiger charge is 2.09. The minimum absolute atomic E-state index is 0.120. The third-order valence-corrected chi connectivity index (χ3v) is 2.00. The van der Waals surface area contributed by atoms with Gasteiger partial charge in [0.05, 0.1) is 5.69 Å². The number of Topliss-reactive ketones (excluding diaryl/α,β-unsaturated/α-hetero) is 1. The summed E-state index contributed by atoms with van der Waals surface area (Å²) in [6.45, 7) is 1.54. The van der Waals surface area contributed by atoms with E-state index < -0.39 is 0 Å². The molecule has 0 fully saturated rings. The molecule has 15 heavy (non-hydrogen) atoms. The standard InChI is InChI=1S/C10H11N3O2/c1-7(14)4-5-9-12-10(13-15-9)8-3-2-6-11-8/h2-3,6,11H,4-5H2,1H3. The van der Waals surface area contributed by atoms with E-state index in [9.17, 15) is 4.79 Å². The van der Waals surface area contributed by atoms with Crippen LogP contribution in [-0.2, 0) is 11.2 Å². The third kappa shape index (κ3) is 2.31. The van der Waals surface area contributed by atoms with Crippen molar-refractivity contribution in [2.75, 3.05) is 0 Å². The number of carbonyl (C=O) groups is 1. The van der Waals surface area contributed by atoms with Crippen molar-refractivity contribution < 1.29 is 9.32 Å². The first-order valence-electron chi connectivity index (χ1n) is 4.71. The van der Waals surface area contributed by atoms with E-state index in [-0.39, 0.29) is 5.78 Å². The number of H-pyrrole nitrogens is 1. The Morgan fingerprint density at radius 3 is 3.13 bits per heavy atom. The van der Waals surface area contributed by atoms with Crippen LogP contribution in [0.4, 0.5) is 0 Å². The highest BCUT2D eigenvalue weighted by molar-refractivity contribution is 5.75. The second kappa shape index (κ2) is 4.08. The predicted molar refractivity (Wildman–Crippen MR) is 53.1 cm³/mol. The van der Waals surface area contributed by atoms with E-state index in [0.29, 0.717) is 24.6 Å². The number of nitrogens with zero attached hydrogens (tertiary/aromatic N) is 2. The van der Waals surface area contributed by atoms with Crippen LogP contribution in [-0.4, -0.2) is 20.9 Å². The molecule has 0 aliphatic heterocycles. The molecule has 5 heteroatoms. The highest BCUT2D eigenvalue weighted by atomic mass is 16.5.